The molecule has 0 bridgehead atoms. The van der Waals surface area contributed by atoms with Gasteiger partial charge >= 0.3 is 6.09 Å². The molecule has 0 saturated carbocycles. The van der Waals surface area contributed by atoms with Gasteiger partial charge in [0.05, 0.1) is 17.7 Å². The zero-order valence-corrected chi connectivity index (χ0v) is 32.9. The summed E-state index contributed by atoms with van der Waals surface area (Å²) in [6.45, 7) is 7.47. The highest BCUT2D eigenvalue weighted by Gasteiger charge is 2.50. The standard InChI is InChI=1S/C46H42N6O7/c1-29-15-21-35(22-16-29)55-27-38-40(56-36-23-17-30(2)18-24-36)41(57-37-25-19-31(3)20-26-37)44(58-38)51-28-47-39-42(51)49-45(48-32(4)53)50-43(39)59-46(54)52(33-11-7-5-8-12-33)34-13-9-6-10-14-34/h5-26,28,38,40-41,44H,27H2,1-4H3,(H,48,49,50,53)/t38-,40-,41-,44-/m1/s1. The van der Waals surface area contributed by atoms with Crippen LogP contribution >= 0.6 is 0 Å². The van der Waals surface area contributed by atoms with E-state index in [9.17, 15) is 9.59 Å². The van der Waals surface area contributed by atoms with E-state index in [1.807, 2.05) is 130 Å². The van der Waals surface area contributed by atoms with E-state index in [1.54, 1.807) is 28.8 Å². The summed E-state index contributed by atoms with van der Waals surface area (Å²) in [5.74, 6) is 1.15. The number of para-hydroxylation sites is 2. The number of carbonyl (C=O) groups is 2. The van der Waals surface area contributed by atoms with Crippen LogP contribution in [-0.4, -0.2) is 56.4 Å². The van der Waals surface area contributed by atoms with Crippen LogP contribution in [-0.2, 0) is 9.53 Å². The Morgan fingerprint density at radius 3 is 1.76 bits per heavy atom. The zero-order chi connectivity index (χ0) is 40.9. The lowest BCUT2D eigenvalue weighted by atomic mass is 10.1. The summed E-state index contributed by atoms with van der Waals surface area (Å²) in [5, 5.41) is 2.64. The second-order valence-electron chi connectivity index (χ2n) is 14.2. The minimum absolute atomic E-state index is 0.110. The summed E-state index contributed by atoms with van der Waals surface area (Å²) >= 11 is 0. The van der Waals surface area contributed by atoms with Crippen molar-refractivity contribution >= 4 is 40.5 Å². The number of hydrogen-bond donors (Lipinski definition) is 1. The summed E-state index contributed by atoms with van der Waals surface area (Å²) in [6, 6.07) is 41.4. The van der Waals surface area contributed by atoms with Gasteiger partial charge in [-0.15, -0.1) is 0 Å². The predicted octanol–water partition coefficient (Wildman–Crippen LogP) is 8.92. The number of fused-ring (bicyclic) bond motifs is 1. The van der Waals surface area contributed by atoms with E-state index in [1.165, 1.54) is 18.2 Å². The SMILES string of the molecule is CC(=O)Nc1nc(OC(=O)N(c2ccccc2)c2ccccc2)c2ncn([C@@H]3O[C@H](COc4ccc(C)cc4)[C@@H](Oc4ccc(C)cc4)[C@H]3Oc3ccc(C)cc3)c2n1. The van der Waals surface area contributed by atoms with Gasteiger partial charge in [0.2, 0.25) is 11.9 Å². The Bertz CT molecular complexity index is 2490. The smallest absolute Gasteiger partial charge is 0.425 e. The fourth-order valence-electron chi connectivity index (χ4n) is 6.70. The molecule has 4 atom stereocenters. The second-order valence-corrected chi connectivity index (χ2v) is 14.2. The van der Waals surface area contributed by atoms with Gasteiger partial charge in [-0.1, -0.05) is 89.5 Å². The van der Waals surface area contributed by atoms with E-state index < -0.39 is 36.5 Å². The molecule has 1 saturated heterocycles. The van der Waals surface area contributed by atoms with E-state index in [0.717, 1.165) is 16.7 Å². The minimum atomic E-state index is -0.919. The van der Waals surface area contributed by atoms with Gasteiger partial charge in [0.25, 0.3) is 5.88 Å². The van der Waals surface area contributed by atoms with Gasteiger partial charge < -0.3 is 23.7 Å². The highest BCUT2D eigenvalue weighted by atomic mass is 16.6. The van der Waals surface area contributed by atoms with Crippen molar-refractivity contribution in [1.82, 2.24) is 19.5 Å². The number of nitrogens with zero attached hydrogens (tertiary/aromatic N) is 5. The van der Waals surface area contributed by atoms with Crippen LogP contribution in [0, 0.1) is 20.8 Å². The molecule has 13 heteroatoms. The first kappa shape index (κ1) is 38.6. The van der Waals surface area contributed by atoms with E-state index >= 15 is 0 Å². The third kappa shape index (κ3) is 8.85. The third-order valence-corrected chi connectivity index (χ3v) is 9.65. The van der Waals surface area contributed by atoms with E-state index in [0.29, 0.717) is 28.6 Å². The van der Waals surface area contributed by atoms with Gasteiger partial charge in [0, 0.05) is 6.92 Å². The first-order valence-corrected chi connectivity index (χ1v) is 19.1. The number of aromatic nitrogens is 4. The molecule has 1 aliphatic heterocycles. The number of anilines is 3. The lowest BCUT2D eigenvalue weighted by Crippen LogP contribution is -2.42. The Hall–Kier alpha value is -7.25. The molecular weight excluding hydrogens is 749 g/mol. The number of aryl methyl sites for hydroxylation is 3. The minimum Gasteiger partial charge on any atom is -0.491 e. The van der Waals surface area contributed by atoms with E-state index in [-0.39, 0.29) is 29.6 Å². The van der Waals surface area contributed by atoms with Crippen molar-refractivity contribution in [2.24, 2.45) is 0 Å². The van der Waals surface area contributed by atoms with Gasteiger partial charge in [0.1, 0.15) is 30.0 Å². The highest BCUT2D eigenvalue weighted by molar-refractivity contribution is 5.98. The topological polar surface area (TPSA) is 139 Å². The average Bonchev–Trinajstić information content (AvgIpc) is 3.80. The molecule has 298 valence electrons. The first-order valence-electron chi connectivity index (χ1n) is 19.1. The largest absolute Gasteiger partial charge is 0.491 e. The number of ether oxygens (including phenoxy) is 5. The molecule has 1 aliphatic rings. The molecule has 13 nitrogen and oxygen atoms in total. The molecular formula is C46H42N6O7. The average molecular weight is 791 g/mol. The molecule has 2 amide bonds. The summed E-state index contributed by atoms with van der Waals surface area (Å²) in [6.07, 6.45) is -2.36. The van der Waals surface area contributed by atoms with Crippen LogP contribution in [0.1, 0.15) is 29.8 Å². The van der Waals surface area contributed by atoms with Crippen molar-refractivity contribution in [3.63, 3.8) is 0 Å². The highest BCUT2D eigenvalue weighted by Crippen LogP contribution is 2.39. The number of carbonyl (C=O) groups excluding carboxylic acids is 2. The maximum Gasteiger partial charge on any atom is 0.425 e. The molecule has 0 unspecified atom stereocenters. The lowest BCUT2D eigenvalue weighted by molar-refractivity contribution is -0.114. The Labute approximate surface area is 341 Å². The molecule has 59 heavy (non-hydrogen) atoms. The molecule has 1 N–H and O–H groups in total. The Morgan fingerprint density at radius 2 is 1.22 bits per heavy atom. The molecule has 3 heterocycles. The van der Waals surface area contributed by atoms with Crippen molar-refractivity contribution in [2.75, 3.05) is 16.8 Å². The number of imidazole rings is 1. The summed E-state index contributed by atoms with van der Waals surface area (Å²) in [4.78, 5) is 41.8. The van der Waals surface area contributed by atoms with Crippen LogP contribution in [0.25, 0.3) is 11.2 Å². The predicted molar refractivity (Wildman–Crippen MR) is 222 cm³/mol. The Balaban J connectivity index is 1.21. The number of nitrogens with one attached hydrogen (secondary N) is 1. The Kier molecular flexibility index (Phi) is 11.2. The monoisotopic (exact) mass is 790 g/mol. The van der Waals surface area contributed by atoms with E-state index in [4.69, 9.17) is 28.7 Å². The zero-order valence-electron chi connectivity index (χ0n) is 32.9. The molecule has 8 rings (SSSR count). The van der Waals surface area contributed by atoms with Crippen molar-refractivity contribution in [3.05, 3.63) is 156 Å². The van der Waals surface area contributed by atoms with Crippen molar-refractivity contribution in [2.45, 2.75) is 52.2 Å². The van der Waals surface area contributed by atoms with Crippen molar-refractivity contribution < 1.29 is 33.3 Å². The van der Waals surface area contributed by atoms with Crippen LogP contribution in [0.5, 0.6) is 23.1 Å². The number of rotatable bonds is 12. The van der Waals surface area contributed by atoms with Gasteiger partial charge in [-0.2, -0.15) is 9.97 Å². The maximum atomic E-state index is 14.2. The normalized spacial score (nSPS) is 17.3. The van der Waals surface area contributed by atoms with Gasteiger partial charge in [0.15, 0.2) is 29.6 Å². The van der Waals surface area contributed by atoms with Crippen molar-refractivity contribution in [1.29, 1.82) is 0 Å². The number of amides is 2. The van der Waals surface area contributed by atoms with Crippen LogP contribution in [0.4, 0.5) is 22.1 Å². The first-order chi connectivity index (χ1) is 28.7. The lowest BCUT2D eigenvalue weighted by Gasteiger charge is -2.26. The fraction of sp³-hybridized carbons (Fsp3) is 0.196. The van der Waals surface area contributed by atoms with Crippen LogP contribution in [0.3, 0.4) is 0 Å². The molecule has 0 radical (unpaired) electrons. The van der Waals surface area contributed by atoms with Gasteiger partial charge in [-0.3, -0.25) is 14.7 Å². The molecule has 7 aromatic rings. The molecule has 2 aromatic heterocycles. The number of hydrogen-bond acceptors (Lipinski definition) is 10. The Morgan fingerprint density at radius 1 is 0.695 bits per heavy atom. The quantitative estimate of drug-likeness (QED) is 0.128. The van der Waals surface area contributed by atoms with Crippen LogP contribution in [0.2, 0.25) is 0 Å². The molecule has 0 aliphatic carbocycles. The third-order valence-electron chi connectivity index (χ3n) is 9.65. The van der Waals surface area contributed by atoms with Gasteiger partial charge in [-0.25, -0.2) is 14.7 Å². The van der Waals surface area contributed by atoms with Crippen LogP contribution < -0.4 is 29.2 Å². The van der Waals surface area contributed by atoms with Crippen molar-refractivity contribution in [3.8, 4) is 23.1 Å². The summed E-state index contributed by atoms with van der Waals surface area (Å²) < 4.78 is 34.4. The van der Waals surface area contributed by atoms with Gasteiger partial charge in [-0.05, 0) is 81.4 Å². The fourth-order valence-corrected chi connectivity index (χ4v) is 6.70. The molecule has 0 spiro atoms. The second kappa shape index (κ2) is 17.1. The maximum absolute atomic E-state index is 14.2. The van der Waals surface area contributed by atoms with E-state index in [2.05, 4.69) is 15.3 Å². The molecule has 5 aromatic carbocycles. The molecule has 1 fully saturated rings. The van der Waals surface area contributed by atoms with Crippen LogP contribution in [0.15, 0.2) is 140 Å². The summed E-state index contributed by atoms with van der Waals surface area (Å²) in [7, 11) is 0. The summed E-state index contributed by atoms with van der Waals surface area (Å²) in [5.41, 5.74) is 4.72. The number of benzene rings is 5.